The van der Waals surface area contributed by atoms with Gasteiger partial charge in [0.05, 0.1) is 11.0 Å². The van der Waals surface area contributed by atoms with Gasteiger partial charge >= 0.3 is 0 Å². The van der Waals surface area contributed by atoms with Crippen LogP contribution in [0.4, 0.5) is 0 Å². The maximum atomic E-state index is 5.89. The molecule has 3 aromatic rings. The summed E-state index contributed by atoms with van der Waals surface area (Å²) >= 11 is 5.89. The maximum absolute atomic E-state index is 5.89. The molecule has 0 atom stereocenters. The molecule has 0 unspecified atom stereocenters. The fourth-order valence-electron chi connectivity index (χ4n) is 2.20. The van der Waals surface area contributed by atoms with Crippen molar-refractivity contribution < 1.29 is 0 Å². The Kier molecular flexibility index (Phi) is 3.03. The number of aryl methyl sites for hydroxylation is 2. The number of imidazole rings is 1. The lowest BCUT2D eigenvalue weighted by atomic mass is 10.1. The number of H-pyrrole nitrogens is 1. The topological polar surface area (TPSA) is 28.7 Å². The van der Waals surface area contributed by atoms with Crippen molar-refractivity contribution in [2.45, 2.75) is 20.3 Å². The first-order valence-electron chi connectivity index (χ1n) is 6.32. The largest absolute Gasteiger partial charge is 0.342 e. The smallest absolute Gasteiger partial charge is 0.111 e. The molecule has 96 valence electrons. The molecular weight excluding hydrogens is 256 g/mol. The average Bonchev–Trinajstić information content (AvgIpc) is 2.74. The second kappa shape index (κ2) is 4.71. The standard InChI is InChI=1S/C16H15ClN2/c1-10-7-14-15(8-11(10)2)19-16(18-14)9-12-3-5-13(17)6-4-12/h3-8H,9H2,1-2H3,(H,18,19). The summed E-state index contributed by atoms with van der Waals surface area (Å²) < 4.78 is 0. The van der Waals surface area contributed by atoms with Crippen LogP contribution in [0.3, 0.4) is 0 Å². The van der Waals surface area contributed by atoms with Gasteiger partial charge in [0.1, 0.15) is 5.82 Å². The highest BCUT2D eigenvalue weighted by Crippen LogP contribution is 2.19. The third-order valence-electron chi connectivity index (χ3n) is 3.43. The highest BCUT2D eigenvalue weighted by molar-refractivity contribution is 6.30. The normalized spacial score (nSPS) is 11.1. The van der Waals surface area contributed by atoms with Gasteiger partial charge in [-0.05, 0) is 54.8 Å². The van der Waals surface area contributed by atoms with Gasteiger partial charge in [-0.1, -0.05) is 23.7 Å². The molecule has 2 aromatic carbocycles. The van der Waals surface area contributed by atoms with E-state index in [4.69, 9.17) is 11.6 Å². The Morgan fingerprint density at radius 3 is 2.47 bits per heavy atom. The summed E-state index contributed by atoms with van der Waals surface area (Å²) in [4.78, 5) is 8.03. The Morgan fingerprint density at radius 2 is 1.74 bits per heavy atom. The highest BCUT2D eigenvalue weighted by atomic mass is 35.5. The minimum absolute atomic E-state index is 0.764. The molecule has 0 amide bonds. The van der Waals surface area contributed by atoms with E-state index in [9.17, 15) is 0 Å². The molecule has 2 nitrogen and oxygen atoms in total. The lowest BCUT2D eigenvalue weighted by Gasteiger charge is -1.98. The number of hydrogen-bond acceptors (Lipinski definition) is 1. The van der Waals surface area contributed by atoms with Crippen LogP contribution in [0.25, 0.3) is 11.0 Å². The van der Waals surface area contributed by atoms with E-state index in [0.717, 1.165) is 28.3 Å². The number of nitrogens with one attached hydrogen (secondary N) is 1. The number of nitrogens with zero attached hydrogens (tertiary/aromatic N) is 1. The fourth-order valence-corrected chi connectivity index (χ4v) is 2.33. The Hall–Kier alpha value is -1.80. The van der Waals surface area contributed by atoms with Crippen molar-refractivity contribution in [1.82, 2.24) is 9.97 Å². The average molecular weight is 271 g/mol. The molecule has 19 heavy (non-hydrogen) atoms. The van der Waals surface area contributed by atoms with Gasteiger partial charge in [-0.2, -0.15) is 0 Å². The van der Waals surface area contributed by atoms with Gasteiger partial charge in [0.15, 0.2) is 0 Å². The fraction of sp³-hybridized carbons (Fsp3) is 0.188. The highest BCUT2D eigenvalue weighted by Gasteiger charge is 2.05. The summed E-state index contributed by atoms with van der Waals surface area (Å²) in [5.74, 6) is 0.988. The zero-order valence-electron chi connectivity index (χ0n) is 11.0. The van der Waals surface area contributed by atoms with Crippen LogP contribution in [-0.4, -0.2) is 9.97 Å². The molecule has 0 saturated carbocycles. The van der Waals surface area contributed by atoms with Crippen molar-refractivity contribution in [2.75, 3.05) is 0 Å². The third-order valence-corrected chi connectivity index (χ3v) is 3.68. The zero-order valence-corrected chi connectivity index (χ0v) is 11.8. The van der Waals surface area contributed by atoms with Crippen LogP contribution < -0.4 is 0 Å². The molecule has 0 fully saturated rings. The van der Waals surface area contributed by atoms with Gasteiger partial charge in [0, 0.05) is 11.4 Å². The molecule has 0 aliphatic rings. The van der Waals surface area contributed by atoms with Crippen molar-refractivity contribution in [3.05, 3.63) is 63.9 Å². The summed E-state index contributed by atoms with van der Waals surface area (Å²) in [5, 5.41) is 0.764. The Morgan fingerprint density at radius 1 is 1.05 bits per heavy atom. The Balaban J connectivity index is 1.95. The first-order valence-corrected chi connectivity index (χ1v) is 6.70. The minimum atomic E-state index is 0.764. The SMILES string of the molecule is Cc1cc2nc(Cc3ccc(Cl)cc3)[nH]c2cc1C. The van der Waals surface area contributed by atoms with E-state index in [0.29, 0.717) is 0 Å². The number of rotatable bonds is 2. The first-order chi connectivity index (χ1) is 9.11. The molecule has 0 radical (unpaired) electrons. The number of aromatic nitrogens is 2. The molecule has 3 rings (SSSR count). The second-order valence-electron chi connectivity index (χ2n) is 4.94. The number of fused-ring (bicyclic) bond motifs is 1. The molecule has 1 N–H and O–H groups in total. The molecule has 0 aliphatic heterocycles. The first kappa shape index (κ1) is 12.2. The van der Waals surface area contributed by atoms with Crippen molar-refractivity contribution in [3.63, 3.8) is 0 Å². The monoisotopic (exact) mass is 270 g/mol. The van der Waals surface area contributed by atoms with Gasteiger partial charge in [0.2, 0.25) is 0 Å². The number of halogens is 1. The van der Waals surface area contributed by atoms with Crippen LogP contribution in [-0.2, 0) is 6.42 Å². The molecule has 0 saturated heterocycles. The molecule has 3 heteroatoms. The predicted molar refractivity (Wildman–Crippen MR) is 79.8 cm³/mol. The summed E-state index contributed by atoms with van der Waals surface area (Å²) in [6.07, 6.45) is 0.796. The van der Waals surface area contributed by atoms with Crippen LogP contribution in [0.15, 0.2) is 36.4 Å². The lowest BCUT2D eigenvalue weighted by molar-refractivity contribution is 1.04. The van der Waals surface area contributed by atoms with Gasteiger partial charge in [0.25, 0.3) is 0 Å². The van der Waals surface area contributed by atoms with Crippen LogP contribution in [0.5, 0.6) is 0 Å². The van der Waals surface area contributed by atoms with E-state index in [1.165, 1.54) is 16.7 Å². The van der Waals surface area contributed by atoms with Gasteiger partial charge in [-0.25, -0.2) is 4.98 Å². The van der Waals surface area contributed by atoms with Gasteiger partial charge in [-0.3, -0.25) is 0 Å². The Labute approximate surface area is 117 Å². The van der Waals surface area contributed by atoms with Crippen molar-refractivity contribution in [2.24, 2.45) is 0 Å². The number of hydrogen-bond donors (Lipinski definition) is 1. The van der Waals surface area contributed by atoms with E-state index in [1.54, 1.807) is 0 Å². The quantitative estimate of drug-likeness (QED) is 0.733. The molecular formula is C16H15ClN2. The third kappa shape index (κ3) is 2.49. The van der Waals surface area contributed by atoms with Crippen LogP contribution in [0.1, 0.15) is 22.5 Å². The van der Waals surface area contributed by atoms with E-state index in [1.807, 2.05) is 24.3 Å². The summed E-state index contributed by atoms with van der Waals surface area (Å²) in [7, 11) is 0. The van der Waals surface area contributed by atoms with Crippen LogP contribution in [0.2, 0.25) is 5.02 Å². The summed E-state index contributed by atoms with van der Waals surface area (Å²) in [6, 6.07) is 12.2. The predicted octanol–water partition coefficient (Wildman–Crippen LogP) is 4.42. The van der Waals surface area contributed by atoms with E-state index < -0.39 is 0 Å². The molecule has 0 spiro atoms. The minimum Gasteiger partial charge on any atom is -0.342 e. The molecule has 0 bridgehead atoms. The van der Waals surface area contributed by atoms with Crippen molar-refractivity contribution >= 4 is 22.6 Å². The molecule has 1 heterocycles. The number of benzene rings is 2. The van der Waals surface area contributed by atoms with E-state index >= 15 is 0 Å². The zero-order chi connectivity index (χ0) is 13.4. The lowest BCUT2D eigenvalue weighted by Crippen LogP contribution is -1.89. The van der Waals surface area contributed by atoms with Gasteiger partial charge < -0.3 is 4.98 Å². The van der Waals surface area contributed by atoms with Crippen molar-refractivity contribution in [3.8, 4) is 0 Å². The van der Waals surface area contributed by atoms with E-state index in [2.05, 4.69) is 35.9 Å². The van der Waals surface area contributed by atoms with E-state index in [-0.39, 0.29) is 0 Å². The van der Waals surface area contributed by atoms with Crippen LogP contribution >= 0.6 is 11.6 Å². The maximum Gasteiger partial charge on any atom is 0.111 e. The molecule has 1 aromatic heterocycles. The summed E-state index contributed by atoms with van der Waals surface area (Å²) in [6.45, 7) is 4.23. The number of aromatic amines is 1. The molecule has 0 aliphatic carbocycles. The second-order valence-corrected chi connectivity index (χ2v) is 5.38. The Bertz CT molecular complexity index is 687. The van der Waals surface area contributed by atoms with Crippen molar-refractivity contribution in [1.29, 1.82) is 0 Å². The van der Waals surface area contributed by atoms with Crippen LogP contribution in [0, 0.1) is 13.8 Å². The van der Waals surface area contributed by atoms with Gasteiger partial charge in [-0.15, -0.1) is 0 Å². The summed E-state index contributed by atoms with van der Waals surface area (Å²) in [5.41, 5.74) is 5.90.